The zero-order valence-electron chi connectivity index (χ0n) is 19.0. The van der Waals surface area contributed by atoms with Crippen molar-refractivity contribution in [2.45, 2.75) is 13.0 Å². The largest absolute Gasteiger partial charge is 0.490 e. The normalized spacial score (nSPS) is 13.4. The molecule has 0 radical (unpaired) electrons. The summed E-state index contributed by atoms with van der Waals surface area (Å²) < 4.78 is 36.1. The van der Waals surface area contributed by atoms with Gasteiger partial charge in [-0.1, -0.05) is 24.3 Å². The van der Waals surface area contributed by atoms with Gasteiger partial charge in [-0.25, -0.2) is 4.98 Å². The van der Waals surface area contributed by atoms with Gasteiger partial charge in [0.05, 0.1) is 0 Å². The Labute approximate surface area is 199 Å². The number of hydrogen-bond donors (Lipinski definition) is 0. The molecule has 0 amide bonds. The minimum Gasteiger partial charge on any atom is -0.490 e. The van der Waals surface area contributed by atoms with Crippen LogP contribution < -0.4 is 24.0 Å². The van der Waals surface area contributed by atoms with Gasteiger partial charge < -0.3 is 18.7 Å². The summed E-state index contributed by atoms with van der Waals surface area (Å²) in [5, 5.41) is 0.620. The van der Waals surface area contributed by atoms with Gasteiger partial charge in [0.1, 0.15) is 35.7 Å². The average Bonchev–Trinajstić information content (AvgIpc) is 2.85. The number of rotatable bonds is 10. The van der Waals surface area contributed by atoms with Crippen LogP contribution in [0.25, 0.3) is 0 Å². The third-order valence-electron chi connectivity index (χ3n) is 4.83. The van der Waals surface area contributed by atoms with E-state index in [1.165, 1.54) is 0 Å². The van der Waals surface area contributed by atoms with Crippen LogP contribution in [0.1, 0.15) is 6.92 Å². The summed E-state index contributed by atoms with van der Waals surface area (Å²) >= 11 is 0. The quantitative estimate of drug-likeness (QED) is 0.250. The third-order valence-corrected chi connectivity index (χ3v) is 6.63. The summed E-state index contributed by atoms with van der Waals surface area (Å²) in [5.74, 6) is 3.16. The summed E-state index contributed by atoms with van der Waals surface area (Å²) in [4.78, 5) is 4.15. The second-order valence-corrected chi connectivity index (χ2v) is 10.1. The fourth-order valence-electron chi connectivity index (χ4n) is 3.13. The molecule has 2 unspecified atom stereocenters. The number of ether oxygens (including phenoxy) is 3. The van der Waals surface area contributed by atoms with Crippen LogP contribution in [0, 0.1) is 0 Å². The molecule has 0 aliphatic heterocycles. The molecular weight excluding hydrogens is 449 g/mol. The van der Waals surface area contributed by atoms with E-state index >= 15 is 0 Å². The standard InChI is InChI=1S/C27H26NO5P/c1-21(31-27-10-6-7-19-28-27)20-30-22-11-13-23(14-12-22)32-24-15-17-26(18-16-24)34(2,29)33-25-8-4-3-5-9-25/h3-19,21H,20H2,1-2H3. The van der Waals surface area contributed by atoms with Crippen LogP contribution in [0.15, 0.2) is 103 Å². The summed E-state index contributed by atoms with van der Waals surface area (Å²) in [7, 11) is -3.00. The lowest BCUT2D eigenvalue weighted by atomic mass is 10.3. The highest BCUT2D eigenvalue weighted by Gasteiger charge is 2.20. The van der Waals surface area contributed by atoms with Gasteiger partial charge in [-0.2, -0.15) is 0 Å². The second-order valence-electron chi connectivity index (χ2n) is 7.73. The lowest BCUT2D eigenvalue weighted by Gasteiger charge is -2.16. The lowest BCUT2D eigenvalue weighted by Crippen LogP contribution is -2.21. The van der Waals surface area contributed by atoms with Crippen molar-refractivity contribution in [3.8, 4) is 28.9 Å². The first-order valence-electron chi connectivity index (χ1n) is 10.9. The molecule has 0 fully saturated rings. The number of hydrogen-bond acceptors (Lipinski definition) is 6. The number of pyridine rings is 1. The maximum Gasteiger partial charge on any atom is 0.274 e. The third kappa shape index (κ3) is 6.63. The van der Waals surface area contributed by atoms with Crippen molar-refractivity contribution in [3.63, 3.8) is 0 Å². The van der Waals surface area contributed by atoms with Crippen molar-refractivity contribution in [3.05, 3.63) is 103 Å². The van der Waals surface area contributed by atoms with Gasteiger partial charge in [0, 0.05) is 24.2 Å². The molecule has 1 heterocycles. The molecule has 0 saturated carbocycles. The molecule has 174 valence electrons. The Morgan fingerprint density at radius 2 is 1.38 bits per heavy atom. The minimum atomic E-state index is -3.00. The van der Waals surface area contributed by atoms with Crippen LogP contribution in [-0.4, -0.2) is 24.4 Å². The molecule has 3 aromatic carbocycles. The maximum absolute atomic E-state index is 13.0. The molecule has 2 atom stereocenters. The Kier molecular flexibility index (Phi) is 7.51. The van der Waals surface area contributed by atoms with E-state index in [-0.39, 0.29) is 6.10 Å². The number of benzene rings is 3. The number of aromatic nitrogens is 1. The van der Waals surface area contributed by atoms with E-state index in [1.54, 1.807) is 49.3 Å². The van der Waals surface area contributed by atoms with E-state index in [0.717, 1.165) is 0 Å². The highest BCUT2D eigenvalue weighted by atomic mass is 31.2. The molecule has 0 aliphatic carbocycles. The maximum atomic E-state index is 13.0. The van der Waals surface area contributed by atoms with Crippen LogP contribution >= 0.6 is 7.37 Å². The number of para-hydroxylation sites is 1. The molecule has 0 bridgehead atoms. The van der Waals surface area contributed by atoms with Gasteiger partial charge in [-0.05, 0) is 73.7 Å². The smallest absolute Gasteiger partial charge is 0.274 e. The van der Waals surface area contributed by atoms with E-state index in [1.807, 2.05) is 67.6 Å². The van der Waals surface area contributed by atoms with Gasteiger partial charge in [-0.3, -0.25) is 4.57 Å². The Morgan fingerprint density at radius 3 is 2.03 bits per heavy atom. The van der Waals surface area contributed by atoms with Crippen molar-refractivity contribution in [1.82, 2.24) is 4.98 Å². The van der Waals surface area contributed by atoms with Crippen LogP contribution in [0.3, 0.4) is 0 Å². The van der Waals surface area contributed by atoms with Crippen molar-refractivity contribution >= 4 is 12.7 Å². The molecule has 6 nitrogen and oxygen atoms in total. The van der Waals surface area contributed by atoms with Gasteiger partial charge in [0.15, 0.2) is 0 Å². The minimum absolute atomic E-state index is 0.148. The molecular formula is C27H26NO5P. The highest BCUT2D eigenvalue weighted by molar-refractivity contribution is 7.66. The zero-order chi connectivity index (χ0) is 23.8. The molecule has 0 spiro atoms. The predicted molar refractivity (Wildman–Crippen MR) is 133 cm³/mol. The van der Waals surface area contributed by atoms with Gasteiger partial charge in [0.2, 0.25) is 5.88 Å². The van der Waals surface area contributed by atoms with Crippen molar-refractivity contribution in [2.24, 2.45) is 0 Å². The van der Waals surface area contributed by atoms with Crippen LogP contribution in [0.4, 0.5) is 0 Å². The van der Waals surface area contributed by atoms with E-state index in [4.69, 9.17) is 18.7 Å². The van der Waals surface area contributed by atoms with Crippen LogP contribution in [-0.2, 0) is 4.57 Å². The molecule has 4 rings (SSSR count). The van der Waals surface area contributed by atoms with Crippen molar-refractivity contribution < 1.29 is 23.3 Å². The fraction of sp³-hybridized carbons (Fsp3) is 0.148. The van der Waals surface area contributed by atoms with Gasteiger partial charge in [0.25, 0.3) is 7.37 Å². The predicted octanol–water partition coefficient (Wildman–Crippen LogP) is 6.33. The van der Waals surface area contributed by atoms with Gasteiger partial charge in [-0.15, -0.1) is 0 Å². The SMILES string of the molecule is CC(COc1ccc(Oc2ccc(P(C)(=O)Oc3ccccc3)cc2)cc1)Oc1ccccn1. The second kappa shape index (κ2) is 10.9. The first-order valence-corrected chi connectivity index (χ1v) is 13.0. The summed E-state index contributed by atoms with van der Waals surface area (Å²) in [6, 6.07) is 29.1. The van der Waals surface area contributed by atoms with E-state index < -0.39 is 7.37 Å². The summed E-state index contributed by atoms with van der Waals surface area (Å²) in [6.45, 7) is 3.92. The summed E-state index contributed by atoms with van der Waals surface area (Å²) in [5.41, 5.74) is 0. The Hall–Kier alpha value is -3.76. The fourth-order valence-corrected chi connectivity index (χ4v) is 4.45. The first kappa shape index (κ1) is 23.4. The monoisotopic (exact) mass is 475 g/mol. The average molecular weight is 475 g/mol. The molecule has 34 heavy (non-hydrogen) atoms. The Balaban J connectivity index is 1.29. The topological polar surface area (TPSA) is 66.9 Å². The highest BCUT2D eigenvalue weighted by Crippen LogP contribution is 2.42. The number of nitrogens with zero attached hydrogens (tertiary/aromatic N) is 1. The molecule has 0 saturated heterocycles. The molecule has 4 aromatic rings. The van der Waals surface area contributed by atoms with Crippen LogP contribution in [0.5, 0.6) is 28.9 Å². The molecule has 1 aromatic heterocycles. The van der Waals surface area contributed by atoms with Crippen LogP contribution in [0.2, 0.25) is 0 Å². The first-order chi connectivity index (χ1) is 16.5. The van der Waals surface area contributed by atoms with Gasteiger partial charge >= 0.3 is 0 Å². The van der Waals surface area contributed by atoms with Crippen molar-refractivity contribution in [2.75, 3.05) is 13.3 Å². The molecule has 0 N–H and O–H groups in total. The summed E-state index contributed by atoms with van der Waals surface area (Å²) in [6.07, 6.45) is 1.54. The molecule has 0 aliphatic rings. The Morgan fingerprint density at radius 1 is 0.765 bits per heavy atom. The lowest BCUT2D eigenvalue weighted by molar-refractivity contribution is 0.138. The van der Waals surface area contributed by atoms with E-state index in [0.29, 0.717) is 40.8 Å². The van der Waals surface area contributed by atoms with E-state index in [2.05, 4.69) is 4.98 Å². The Bertz CT molecular complexity index is 1220. The zero-order valence-corrected chi connectivity index (χ0v) is 19.9. The van der Waals surface area contributed by atoms with Crippen molar-refractivity contribution in [1.29, 1.82) is 0 Å². The van der Waals surface area contributed by atoms with E-state index in [9.17, 15) is 4.57 Å². The molecule has 7 heteroatoms.